The number of unbranched alkanes of at least 4 members (excludes halogenated alkanes) is 40. The maximum absolute atomic E-state index is 2.48. The van der Waals surface area contributed by atoms with Gasteiger partial charge in [-0.15, -0.1) is 0 Å². The molecule has 0 aromatic heterocycles. The highest BCUT2D eigenvalue weighted by Gasteiger charge is 2.15. The topological polar surface area (TPSA) is 0 Å². The van der Waals surface area contributed by atoms with Crippen molar-refractivity contribution in [3.05, 3.63) is 0 Å². The summed E-state index contributed by atoms with van der Waals surface area (Å²) in [6.45, 7) is 9.77. The minimum absolute atomic E-state index is 0. The van der Waals surface area contributed by atoms with Gasteiger partial charge in [-0.05, 0) is 22.7 Å². The number of halogens is 2. The molecule has 0 spiro atoms. The first-order valence-corrected chi connectivity index (χ1v) is 26.2. The molecule has 0 fully saturated rings. The lowest BCUT2D eigenvalue weighted by atomic mass is 10.0. The van der Waals surface area contributed by atoms with Crippen molar-refractivity contribution in [3.8, 4) is 0 Å². The van der Waals surface area contributed by atoms with E-state index in [-0.39, 0.29) is 34.7 Å². The molecule has 0 aromatic rings. The third kappa shape index (κ3) is 56.2. The molecule has 0 aromatic carbocycles. The summed E-state index contributed by atoms with van der Waals surface area (Å²) in [5.41, 5.74) is 0. The summed E-state index contributed by atoms with van der Waals surface area (Å²) in [6, 6.07) is 0. The molecule has 0 radical (unpaired) electrons. The zero-order valence-electron chi connectivity index (χ0n) is 35.9. The van der Waals surface area contributed by atoms with Crippen molar-refractivity contribution in [1.29, 1.82) is 0 Å². The summed E-state index contributed by atoms with van der Waals surface area (Å²) < 4.78 is 0. The molecule has 1 unspecified atom stereocenters. The second-order valence-corrected chi connectivity index (χ2v) is 22.2. The molecule has 0 aliphatic heterocycles. The summed E-state index contributed by atoms with van der Waals surface area (Å²) in [7, 11) is -0.523. The normalized spacial score (nSPS) is 11.3. The Bertz CT molecular complexity index is 551. The van der Waals surface area contributed by atoms with Crippen LogP contribution in [0.4, 0.5) is 0 Å². The lowest BCUT2D eigenvalue weighted by Crippen LogP contribution is -3.00. The van der Waals surface area contributed by atoms with Crippen molar-refractivity contribution in [2.45, 2.75) is 270 Å². The van der Waals surface area contributed by atoms with Crippen molar-refractivity contribution in [2.24, 2.45) is 0 Å². The van der Waals surface area contributed by atoms with Gasteiger partial charge in [0.15, 0.2) is 0 Å². The van der Waals surface area contributed by atoms with Gasteiger partial charge in [-0.2, -0.15) is 0 Å². The molecule has 308 valence electrons. The Balaban J connectivity index is -0.00000353. The van der Waals surface area contributed by atoms with E-state index in [1.54, 1.807) is 0 Å². The Morgan fingerprint density at radius 3 is 0.460 bits per heavy atom. The summed E-state index contributed by atoms with van der Waals surface area (Å²) in [5.74, 6) is 0. The quantitative estimate of drug-likeness (QED) is 0.0427. The summed E-state index contributed by atoms with van der Waals surface area (Å²) >= 11 is 0. The molecule has 4 heteroatoms. The highest BCUT2D eigenvalue weighted by molar-refractivity contribution is 7.73. The standard InChI is InChI=1S/C46H96P.2ClH.H3P/c1-5-6-7-8-9-10-11-12-13-14-15-16-17-18-19-20-21-22-23-24-25-26-27-28-29-30-31-32-33-34-35-36-37-38-39-40-41-42-43-44-45-46-47(2,3)4;;;/h5-46H2,1-4H3;2*1H;1H3/q+1;;;/p-1. The van der Waals surface area contributed by atoms with Gasteiger partial charge in [0, 0.05) is 27.3 Å². The highest BCUT2D eigenvalue weighted by Crippen LogP contribution is 2.47. The molecule has 0 aliphatic rings. The fraction of sp³-hybridized carbons (Fsp3) is 1.00. The zero-order valence-corrected chi connectivity index (χ0v) is 40.3. The molecule has 0 bridgehead atoms. The lowest BCUT2D eigenvalue weighted by molar-refractivity contribution is -0.001000. The van der Waals surface area contributed by atoms with Crippen LogP contribution in [0.15, 0.2) is 0 Å². The Morgan fingerprint density at radius 1 is 0.220 bits per heavy atom. The Kier molecular flexibility index (Phi) is 58.7. The largest absolute Gasteiger partial charge is 1.00 e. The van der Waals surface area contributed by atoms with Gasteiger partial charge in [0.2, 0.25) is 0 Å². The van der Waals surface area contributed by atoms with Gasteiger partial charge < -0.3 is 24.8 Å². The van der Waals surface area contributed by atoms with Gasteiger partial charge in [0.25, 0.3) is 0 Å². The van der Waals surface area contributed by atoms with Crippen LogP contribution in [-0.4, -0.2) is 26.2 Å². The maximum Gasteiger partial charge on any atom is 0.0586 e. The SMILES string of the molecule is CCCCCCCCCCCCCCCCCCCCCCCCCCCCCCCCCCCCCCCCCCC[P+](C)(C)C.[Cl-].[Cl-].[PH4+]. The van der Waals surface area contributed by atoms with Crippen molar-refractivity contribution in [3.63, 3.8) is 0 Å². The maximum atomic E-state index is 2.48. The van der Waals surface area contributed by atoms with E-state index in [4.69, 9.17) is 0 Å². The van der Waals surface area contributed by atoms with Crippen molar-refractivity contribution >= 4 is 17.2 Å². The molecule has 50 heavy (non-hydrogen) atoms. The number of rotatable bonds is 42. The van der Waals surface area contributed by atoms with E-state index in [2.05, 4.69) is 26.9 Å². The van der Waals surface area contributed by atoms with E-state index in [0.29, 0.717) is 0 Å². The van der Waals surface area contributed by atoms with Crippen LogP contribution >= 0.6 is 17.2 Å². The molecular weight excluding hydrogens is 685 g/mol. The first kappa shape index (κ1) is 58.2. The Hall–Kier alpha value is 1.44. The number of hydrogen-bond donors (Lipinski definition) is 0. The fourth-order valence-corrected chi connectivity index (χ4v) is 8.73. The van der Waals surface area contributed by atoms with Crippen molar-refractivity contribution < 1.29 is 24.8 Å². The van der Waals surface area contributed by atoms with Crippen LogP contribution in [0.25, 0.3) is 0 Å². The molecule has 0 saturated carbocycles. The van der Waals surface area contributed by atoms with Gasteiger partial charge in [-0.1, -0.05) is 257 Å². The van der Waals surface area contributed by atoms with Crippen LogP contribution in [0, 0.1) is 0 Å². The summed E-state index contributed by atoms with van der Waals surface area (Å²) in [5, 5.41) is 0. The Morgan fingerprint density at radius 2 is 0.340 bits per heavy atom. The minimum Gasteiger partial charge on any atom is -1.00 e. The van der Waals surface area contributed by atoms with Gasteiger partial charge in [-0.3, -0.25) is 0 Å². The molecule has 0 nitrogen and oxygen atoms in total. The van der Waals surface area contributed by atoms with E-state index in [1.165, 1.54) is 269 Å². The smallest absolute Gasteiger partial charge is 0.0586 e. The summed E-state index contributed by atoms with van der Waals surface area (Å²) in [4.78, 5) is 0. The predicted octanol–water partition coefficient (Wildman–Crippen LogP) is 11.7. The van der Waals surface area contributed by atoms with Gasteiger partial charge >= 0.3 is 0 Å². The van der Waals surface area contributed by atoms with E-state index >= 15 is 0 Å². The van der Waals surface area contributed by atoms with Crippen LogP contribution in [0.5, 0.6) is 0 Å². The highest BCUT2D eigenvalue weighted by atomic mass is 35.5. The average molecular weight is 786 g/mol. The van der Waals surface area contributed by atoms with Gasteiger partial charge in [0.1, 0.15) is 0 Å². The monoisotopic (exact) mass is 785 g/mol. The summed E-state index contributed by atoms with van der Waals surface area (Å²) in [6.07, 6.45) is 62.6. The van der Waals surface area contributed by atoms with Crippen LogP contribution in [0.1, 0.15) is 270 Å². The molecule has 0 saturated heterocycles. The van der Waals surface area contributed by atoms with E-state index in [0.717, 1.165) is 0 Å². The lowest BCUT2D eigenvalue weighted by Gasteiger charge is -2.10. The molecule has 0 heterocycles. The van der Waals surface area contributed by atoms with Crippen LogP contribution in [0.3, 0.4) is 0 Å². The molecule has 0 amide bonds. The fourth-order valence-electron chi connectivity index (χ4n) is 7.55. The molecule has 0 rings (SSSR count). The molecule has 0 aliphatic carbocycles. The first-order valence-electron chi connectivity index (χ1n) is 22.9. The van der Waals surface area contributed by atoms with E-state index in [9.17, 15) is 0 Å². The van der Waals surface area contributed by atoms with E-state index < -0.39 is 7.26 Å². The van der Waals surface area contributed by atoms with Crippen LogP contribution < -0.4 is 24.8 Å². The molecular formula is C46H100Cl2P2. The molecule has 1 atom stereocenters. The number of hydrogen-bond acceptors (Lipinski definition) is 0. The van der Waals surface area contributed by atoms with Crippen LogP contribution in [-0.2, 0) is 0 Å². The van der Waals surface area contributed by atoms with Crippen LogP contribution in [0.2, 0.25) is 0 Å². The predicted molar refractivity (Wildman–Crippen MR) is 237 cm³/mol. The average Bonchev–Trinajstić information content (AvgIpc) is 3.05. The second kappa shape index (κ2) is 50.4. The first-order chi connectivity index (χ1) is 23.1. The second-order valence-electron chi connectivity index (χ2n) is 17.2. The third-order valence-electron chi connectivity index (χ3n) is 10.9. The Labute approximate surface area is 336 Å². The minimum atomic E-state index is -0.523. The van der Waals surface area contributed by atoms with Gasteiger partial charge in [0.05, 0.1) is 6.16 Å². The van der Waals surface area contributed by atoms with E-state index in [1.807, 2.05) is 0 Å². The van der Waals surface area contributed by atoms with Crippen molar-refractivity contribution in [1.82, 2.24) is 0 Å². The van der Waals surface area contributed by atoms with Crippen molar-refractivity contribution in [2.75, 3.05) is 26.2 Å². The molecule has 0 N–H and O–H groups in total. The zero-order chi connectivity index (χ0) is 34.2. The third-order valence-corrected chi connectivity index (χ3v) is 12.6. The van der Waals surface area contributed by atoms with Gasteiger partial charge in [-0.25, -0.2) is 0 Å².